The standard InChI is InChI=1S/C41H34N2O4S/c1-41(2)30-10-4-3-8-25(30)26-16-15-24(21-31(26)41)43-32-12-7-9-27(32)28-20-23(14-17-33(28)43)38-39(46)29(40(38)47)22-36-42(19-18-37(44)45)34-11-5-6-13-35(34)48-36/h3-6,8,10-11,13-17,20-22,27,32H,7,9,12,18-19H2,1-2H3,(H-,44,45,46,47). The number of para-hydroxylation sites is 1. The van der Waals surface area contributed by atoms with Gasteiger partial charge in [-0.3, -0.25) is 9.59 Å². The zero-order chi connectivity index (χ0) is 32.9. The van der Waals surface area contributed by atoms with Gasteiger partial charge >= 0.3 is 5.97 Å². The second-order valence-corrected chi connectivity index (χ2v) is 15.0. The van der Waals surface area contributed by atoms with Crippen LogP contribution in [0.4, 0.5) is 11.4 Å². The molecule has 1 saturated carbocycles. The van der Waals surface area contributed by atoms with Gasteiger partial charge in [0, 0.05) is 52.0 Å². The summed E-state index contributed by atoms with van der Waals surface area (Å²) < 4.78 is 2.87. The van der Waals surface area contributed by atoms with Crippen LogP contribution in [0, 0.1) is 0 Å². The topological polar surface area (TPSA) is 84.6 Å². The number of carboxylic acid groups (broad SMARTS) is 1. The molecule has 2 atom stereocenters. The third kappa shape index (κ3) is 4.13. The number of aromatic nitrogens is 1. The Labute approximate surface area is 282 Å². The molecule has 0 amide bonds. The highest BCUT2D eigenvalue weighted by Crippen LogP contribution is 2.55. The number of thiazole rings is 1. The molecule has 1 fully saturated rings. The number of fused-ring (bicyclic) bond motifs is 7. The minimum Gasteiger partial charge on any atom is -0.871 e. The van der Waals surface area contributed by atoms with Crippen LogP contribution in [0.25, 0.3) is 33.0 Å². The molecule has 3 aliphatic carbocycles. The average molecular weight is 651 g/mol. The Balaban J connectivity index is 1.08. The summed E-state index contributed by atoms with van der Waals surface area (Å²) in [4.78, 5) is 27.5. The summed E-state index contributed by atoms with van der Waals surface area (Å²) in [7, 11) is 0. The molecule has 0 bridgehead atoms. The molecule has 6 nitrogen and oxygen atoms in total. The number of anilines is 2. The molecular formula is C41H34N2O4S. The van der Waals surface area contributed by atoms with Crippen molar-refractivity contribution in [2.45, 2.75) is 63.5 Å². The van der Waals surface area contributed by atoms with Crippen LogP contribution in [0.3, 0.4) is 0 Å². The number of rotatable bonds is 6. The first kappa shape index (κ1) is 29.2. The summed E-state index contributed by atoms with van der Waals surface area (Å²) in [6.45, 7) is 4.88. The number of Topliss-reactive ketones (excluding diaryl/α,β-unsaturated/α-hetero) is 1. The number of carboxylic acids is 1. The predicted molar refractivity (Wildman–Crippen MR) is 187 cm³/mol. The molecule has 4 aliphatic rings. The molecule has 0 spiro atoms. The lowest BCUT2D eigenvalue weighted by Crippen LogP contribution is -2.37. The molecule has 5 aromatic rings. The Bertz CT molecular complexity index is 2290. The molecule has 1 N–H and O–H groups in total. The van der Waals surface area contributed by atoms with Gasteiger partial charge in [-0.2, -0.15) is 4.57 Å². The summed E-state index contributed by atoms with van der Waals surface area (Å²) in [5.74, 6) is -1.04. The summed E-state index contributed by atoms with van der Waals surface area (Å²) in [6.07, 6.45) is 4.94. The van der Waals surface area contributed by atoms with Gasteiger partial charge in [0.15, 0.2) is 12.3 Å². The van der Waals surface area contributed by atoms with Gasteiger partial charge in [0.25, 0.3) is 5.01 Å². The van der Waals surface area contributed by atoms with Gasteiger partial charge in [-0.25, -0.2) is 0 Å². The van der Waals surface area contributed by atoms with E-state index in [2.05, 4.69) is 73.3 Å². The maximum absolute atomic E-state index is 13.6. The van der Waals surface area contributed by atoms with E-state index < -0.39 is 5.97 Å². The van der Waals surface area contributed by atoms with Crippen LogP contribution in [0.5, 0.6) is 0 Å². The second kappa shape index (κ2) is 10.5. The highest BCUT2D eigenvalue weighted by molar-refractivity contribution is 7.18. The Morgan fingerprint density at radius 2 is 1.79 bits per heavy atom. The summed E-state index contributed by atoms with van der Waals surface area (Å²) in [5, 5.41) is 23.6. The number of aliphatic carboxylic acids is 1. The molecule has 9 rings (SSSR count). The predicted octanol–water partition coefficient (Wildman–Crippen LogP) is 7.50. The maximum atomic E-state index is 13.6. The van der Waals surface area contributed by atoms with E-state index in [0.29, 0.717) is 22.5 Å². The number of hydrogen-bond donors (Lipinski definition) is 1. The zero-order valence-electron chi connectivity index (χ0n) is 26.8. The number of ketones is 1. The van der Waals surface area contributed by atoms with Crippen molar-refractivity contribution in [2.75, 3.05) is 4.90 Å². The van der Waals surface area contributed by atoms with Crippen LogP contribution < -0.4 is 14.6 Å². The molecule has 4 aromatic carbocycles. The molecule has 48 heavy (non-hydrogen) atoms. The van der Waals surface area contributed by atoms with Crippen LogP contribution in [0.15, 0.2) is 96.3 Å². The van der Waals surface area contributed by atoms with Crippen molar-refractivity contribution in [3.63, 3.8) is 0 Å². The van der Waals surface area contributed by atoms with E-state index in [0.717, 1.165) is 29.5 Å². The lowest BCUT2D eigenvalue weighted by molar-refractivity contribution is -0.667. The van der Waals surface area contributed by atoms with Crippen LogP contribution >= 0.6 is 11.3 Å². The van der Waals surface area contributed by atoms with Gasteiger partial charge in [-0.1, -0.05) is 85.9 Å². The highest BCUT2D eigenvalue weighted by Gasteiger charge is 2.44. The summed E-state index contributed by atoms with van der Waals surface area (Å²) in [5.41, 5.74) is 10.8. The third-order valence-corrected chi connectivity index (χ3v) is 12.1. The summed E-state index contributed by atoms with van der Waals surface area (Å²) in [6, 6.07) is 29.9. The van der Waals surface area contributed by atoms with Crippen LogP contribution in [0.1, 0.15) is 72.7 Å². The van der Waals surface area contributed by atoms with Crippen molar-refractivity contribution >= 4 is 56.3 Å². The van der Waals surface area contributed by atoms with Crippen LogP contribution in [-0.2, 0) is 21.5 Å². The van der Waals surface area contributed by atoms with Gasteiger partial charge in [-0.15, -0.1) is 0 Å². The minimum atomic E-state index is -0.895. The number of benzene rings is 4. The number of carbonyl (C=O) groups is 2. The lowest BCUT2D eigenvalue weighted by atomic mass is 9.82. The lowest BCUT2D eigenvalue weighted by Gasteiger charge is -2.31. The van der Waals surface area contributed by atoms with Crippen molar-refractivity contribution in [3.8, 4) is 11.1 Å². The van der Waals surface area contributed by atoms with E-state index in [1.807, 2.05) is 34.9 Å². The molecule has 0 radical (unpaired) electrons. The highest BCUT2D eigenvalue weighted by atomic mass is 32.1. The first-order chi connectivity index (χ1) is 23.2. The summed E-state index contributed by atoms with van der Waals surface area (Å²) >= 11 is 1.46. The van der Waals surface area contributed by atoms with Gasteiger partial charge in [0.05, 0.1) is 0 Å². The number of nitrogens with zero attached hydrogens (tertiary/aromatic N) is 2. The van der Waals surface area contributed by atoms with Crippen molar-refractivity contribution in [2.24, 2.45) is 0 Å². The molecule has 0 saturated heterocycles. The van der Waals surface area contributed by atoms with Crippen molar-refractivity contribution in [3.05, 3.63) is 124 Å². The van der Waals surface area contributed by atoms with Crippen LogP contribution in [0.2, 0.25) is 0 Å². The van der Waals surface area contributed by atoms with Gasteiger partial charge in [0.2, 0.25) is 5.52 Å². The maximum Gasteiger partial charge on any atom is 0.309 e. The molecule has 2 heterocycles. The normalized spacial score (nSPS) is 21.0. The first-order valence-corrected chi connectivity index (χ1v) is 17.5. The fourth-order valence-electron chi connectivity index (χ4n) is 8.72. The second-order valence-electron chi connectivity index (χ2n) is 13.9. The van der Waals surface area contributed by atoms with Crippen LogP contribution in [-0.4, -0.2) is 22.9 Å². The van der Waals surface area contributed by atoms with Crippen molar-refractivity contribution in [1.29, 1.82) is 0 Å². The number of carbonyl (C=O) groups excluding carboxylic acids is 1. The monoisotopic (exact) mass is 650 g/mol. The largest absolute Gasteiger partial charge is 0.871 e. The van der Waals surface area contributed by atoms with E-state index in [1.165, 1.54) is 50.5 Å². The Morgan fingerprint density at radius 3 is 2.62 bits per heavy atom. The SMILES string of the molecule is CC1(C)c2ccccc2-c2ccc(N3c4ccc(C5=C([O-])C(=Cc6sc7ccccc7[n+]6CCC(=O)O)C5=O)cc4C4CCCC43)cc21. The fraction of sp³-hybridized carbons (Fsp3) is 0.244. The third-order valence-electron chi connectivity index (χ3n) is 11.0. The zero-order valence-corrected chi connectivity index (χ0v) is 27.6. The number of hydrogen-bond acceptors (Lipinski definition) is 5. The number of aryl methyl sites for hydroxylation is 1. The van der Waals surface area contributed by atoms with E-state index in [1.54, 1.807) is 6.08 Å². The molecule has 1 aliphatic heterocycles. The Hall–Kier alpha value is -5.01. The minimum absolute atomic E-state index is 0.0496. The first-order valence-electron chi connectivity index (χ1n) is 16.7. The molecule has 238 valence electrons. The molecular weight excluding hydrogens is 617 g/mol. The average Bonchev–Trinajstić information content (AvgIpc) is 3.83. The fourth-order valence-corrected chi connectivity index (χ4v) is 9.85. The molecule has 7 heteroatoms. The van der Waals surface area contributed by atoms with Gasteiger partial charge in [0.1, 0.15) is 11.1 Å². The van der Waals surface area contributed by atoms with E-state index in [9.17, 15) is 19.8 Å². The smallest absolute Gasteiger partial charge is 0.309 e. The van der Waals surface area contributed by atoms with E-state index in [4.69, 9.17) is 0 Å². The molecule has 2 unspecified atom stereocenters. The molecule has 1 aromatic heterocycles. The van der Waals surface area contributed by atoms with E-state index >= 15 is 0 Å². The van der Waals surface area contributed by atoms with Gasteiger partial charge < -0.3 is 15.1 Å². The quantitative estimate of drug-likeness (QED) is 0.152. The number of allylic oxidation sites excluding steroid dienone is 2. The Kier molecular flexibility index (Phi) is 6.37. The van der Waals surface area contributed by atoms with Gasteiger partial charge in [-0.05, 0) is 76.6 Å². The van der Waals surface area contributed by atoms with Crippen molar-refractivity contribution < 1.29 is 24.4 Å². The van der Waals surface area contributed by atoms with Crippen molar-refractivity contribution in [1.82, 2.24) is 0 Å². The van der Waals surface area contributed by atoms with E-state index in [-0.39, 0.29) is 41.1 Å². The Morgan fingerprint density at radius 1 is 1.00 bits per heavy atom.